The highest BCUT2D eigenvalue weighted by Gasteiger charge is 2.45. The SMILES string of the molecule is CNC(C)C(=O)NC(C(=O)N1CCCC1C(=O)NC1CCCc2c(NC(=O)c3cccc4c3CCC[C@H]4NC(=O)C3CCCN3C(=O)C(NC(=O)C(C)NC)C(C)(C)C)cccc21)C(C)(C)C. The Morgan fingerprint density at radius 1 is 0.582 bits per heavy atom. The number of carbonyl (C=O) groups excluding carboxylic acids is 7. The van der Waals surface area contributed by atoms with Gasteiger partial charge in [-0.05, 0) is 137 Å². The summed E-state index contributed by atoms with van der Waals surface area (Å²) in [6, 6.07) is 6.75. The van der Waals surface area contributed by atoms with Crippen LogP contribution in [0.25, 0.3) is 0 Å². The second kappa shape index (κ2) is 21.3. The molecular weight excluding hydrogens is 851 g/mol. The van der Waals surface area contributed by atoms with Crippen molar-refractivity contribution >= 4 is 47.0 Å². The molecular formula is C51H75N9O7. The van der Waals surface area contributed by atoms with Gasteiger partial charge in [0.15, 0.2) is 0 Å². The number of fused-ring (bicyclic) bond motifs is 2. The zero-order valence-electron chi connectivity index (χ0n) is 41.3. The Hall–Kier alpha value is -5.35. The van der Waals surface area contributed by atoms with Crippen molar-refractivity contribution < 1.29 is 33.6 Å². The van der Waals surface area contributed by atoms with E-state index >= 15 is 0 Å². The summed E-state index contributed by atoms with van der Waals surface area (Å²) in [6.45, 7) is 15.7. The first kappa shape index (κ1) is 51.0. The van der Waals surface area contributed by atoms with Crippen LogP contribution in [0, 0.1) is 10.8 Å². The normalized spacial score (nSPS) is 22.3. The molecule has 2 heterocycles. The van der Waals surface area contributed by atoms with Crippen molar-refractivity contribution in [2.24, 2.45) is 10.8 Å². The summed E-state index contributed by atoms with van der Waals surface area (Å²) < 4.78 is 0. The van der Waals surface area contributed by atoms with E-state index in [-0.39, 0.29) is 53.4 Å². The number of hydrogen-bond donors (Lipinski definition) is 7. The second-order valence-electron chi connectivity index (χ2n) is 21.1. The zero-order valence-corrected chi connectivity index (χ0v) is 41.3. The molecule has 2 fully saturated rings. The number of amides is 7. The fraction of sp³-hybridized carbons (Fsp3) is 0.627. The van der Waals surface area contributed by atoms with Crippen LogP contribution in [0.4, 0.5) is 5.69 Å². The highest BCUT2D eigenvalue weighted by molar-refractivity contribution is 6.06. The Morgan fingerprint density at radius 2 is 1.01 bits per heavy atom. The van der Waals surface area contributed by atoms with Crippen LogP contribution < -0.4 is 37.2 Å². The third-order valence-corrected chi connectivity index (χ3v) is 14.3. The number of benzene rings is 2. The van der Waals surface area contributed by atoms with Gasteiger partial charge < -0.3 is 47.0 Å². The number of nitrogens with zero attached hydrogens (tertiary/aromatic N) is 2. The van der Waals surface area contributed by atoms with Crippen LogP contribution in [-0.4, -0.2) is 115 Å². The molecule has 2 saturated heterocycles. The Morgan fingerprint density at radius 3 is 1.46 bits per heavy atom. The van der Waals surface area contributed by atoms with Crippen LogP contribution in [0.1, 0.15) is 151 Å². The molecule has 8 atom stereocenters. The van der Waals surface area contributed by atoms with Gasteiger partial charge in [0.05, 0.1) is 24.2 Å². The molecule has 2 aliphatic heterocycles. The molecule has 2 aliphatic carbocycles. The van der Waals surface area contributed by atoms with Crippen LogP contribution in [-0.2, 0) is 41.6 Å². The summed E-state index contributed by atoms with van der Waals surface area (Å²) in [7, 11) is 3.37. The molecule has 2 aromatic carbocycles. The maximum atomic E-state index is 14.3. The van der Waals surface area contributed by atoms with Gasteiger partial charge in [0.25, 0.3) is 5.91 Å². The van der Waals surface area contributed by atoms with E-state index in [4.69, 9.17) is 0 Å². The van der Waals surface area contributed by atoms with Gasteiger partial charge >= 0.3 is 0 Å². The minimum absolute atomic E-state index is 0.233. The first-order valence-electron chi connectivity index (χ1n) is 24.4. The average Bonchev–Trinajstić information content (AvgIpc) is 4.00. The number of likely N-dealkylation sites (tertiary alicyclic amines) is 2. The van der Waals surface area contributed by atoms with Crippen LogP contribution in [0.2, 0.25) is 0 Å². The third-order valence-electron chi connectivity index (χ3n) is 14.3. The number of rotatable bonds is 14. The molecule has 4 aliphatic rings. The lowest BCUT2D eigenvalue weighted by atomic mass is 9.84. The smallest absolute Gasteiger partial charge is 0.255 e. The van der Waals surface area contributed by atoms with Crippen molar-refractivity contribution in [1.29, 1.82) is 0 Å². The molecule has 7 N–H and O–H groups in total. The Labute approximate surface area is 396 Å². The van der Waals surface area contributed by atoms with E-state index in [9.17, 15) is 33.6 Å². The third kappa shape index (κ3) is 11.5. The van der Waals surface area contributed by atoms with Gasteiger partial charge in [0.2, 0.25) is 35.4 Å². The highest BCUT2D eigenvalue weighted by atomic mass is 16.2. The minimum atomic E-state index is -0.817. The monoisotopic (exact) mass is 926 g/mol. The lowest BCUT2D eigenvalue weighted by molar-refractivity contribution is -0.144. The van der Waals surface area contributed by atoms with E-state index in [0.29, 0.717) is 75.7 Å². The van der Waals surface area contributed by atoms with Gasteiger partial charge in [0.1, 0.15) is 24.2 Å². The predicted molar refractivity (Wildman–Crippen MR) is 258 cm³/mol. The van der Waals surface area contributed by atoms with Crippen molar-refractivity contribution in [3.8, 4) is 0 Å². The van der Waals surface area contributed by atoms with E-state index in [1.807, 2.05) is 77.9 Å². The summed E-state index contributed by atoms with van der Waals surface area (Å²) in [6.07, 6.45) is 6.67. The average molecular weight is 926 g/mol. The first-order chi connectivity index (χ1) is 31.7. The van der Waals surface area contributed by atoms with Gasteiger partial charge in [-0.15, -0.1) is 0 Å². The molecule has 16 heteroatoms. The van der Waals surface area contributed by atoms with Crippen molar-refractivity contribution in [2.45, 2.75) is 168 Å². The topological polar surface area (TPSA) is 210 Å². The van der Waals surface area contributed by atoms with Crippen LogP contribution in [0.15, 0.2) is 36.4 Å². The van der Waals surface area contributed by atoms with Gasteiger partial charge in [0, 0.05) is 24.3 Å². The van der Waals surface area contributed by atoms with Crippen molar-refractivity contribution in [1.82, 2.24) is 41.7 Å². The minimum Gasteiger partial charge on any atom is -0.347 e. The predicted octanol–water partition coefficient (Wildman–Crippen LogP) is 4.19. The maximum Gasteiger partial charge on any atom is 0.255 e. The molecule has 366 valence electrons. The largest absolute Gasteiger partial charge is 0.347 e. The molecule has 0 aromatic heterocycles. The molecule has 0 radical (unpaired) electrons. The van der Waals surface area contributed by atoms with Gasteiger partial charge in [-0.2, -0.15) is 0 Å². The molecule has 0 spiro atoms. The molecule has 7 unspecified atom stereocenters. The molecule has 7 amide bonds. The van der Waals surface area contributed by atoms with E-state index in [2.05, 4.69) is 37.2 Å². The van der Waals surface area contributed by atoms with Gasteiger partial charge in [-0.3, -0.25) is 33.6 Å². The van der Waals surface area contributed by atoms with Crippen LogP contribution >= 0.6 is 0 Å². The number of carbonyl (C=O) groups is 7. The second-order valence-corrected chi connectivity index (χ2v) is 21.1. The van der Waals surface area contributed by atoms with Crippen molar-refractivity contribution in [2.75, 3.05) is 32.5 Å². The van der Waals surface area contributed by atoms with Gasteiger partial charge in [-0.25, -0.2) is 0 Å². The van der Waals surface area contributed by atoms with E-state index < -0.39 is 47.1 Å². The number of likely N-dealkylation sites (N-methyl/N-ethyl adjacent to an activating group) is 2. The standard InChI is InChI=1S/C51H75N9O7/c1-29(52-9)43(61)57-41(50(3,4)5)48(66)59-27-15-25-39(59)46(64)55-36-22-12-17-31-32(36)18-11-21-35(31)45(63)54-37-23-13-20-34-33(37)19-14-24-38(34)56-47(65)40-26-16-28-60(40)49(67)42(51(6,7)8)58-44(62)30(2)53-10/h11,13,18,20-21,23,29-30,36,38-42,52-53H,12,14-17,19,22,24-28H2,1-10H3,(H,54,63)(H,55,64)(H,56,65)(H,57,61)(H,58,62)/t29?,30?,36-,38?,39?,40?,41?,42?/m1/s1. The Balaban J connectivity index is 1.14. The lowest BCUT2D eigenvalue weighted by Gasteiger charge is -2.36. The molecule has 0 bridgehead atoms. The van der Waals surface area contributed by atoms with E-state index in [1.54, 1.807) is 37.7 Å². The number of nitrogens with one attached hydrogen (secondary N) is 7. The van der Waals surface area contributed by atoms with Gasteiger partial charge in [-0.1, -0.05) is 65.8 Å². The fourth-order valence-electron chi connectivity index (χ4n) is 10.1. The highest BCUT2D eigenvalue weighted by Crippen LogP contribution is 2.37. The van der Waals surface area contributed by atoms with Crippen molar-refractivity contribution in [3.05, 3.63) is 64.2 Å². The van der Waals surface area contributed by atoms with E-state index in [0.717, 1.165) is 35.1 Å². The quantitative estimate of drug-likeness (QED) is 0.145. The zero-order chi connectivity index (χ0) is 49.0. The first-order valence-corrected chi connectivity index (χ1v) is 24.4. The van der Waals surface area contributed by atoms with Crippen LogP contribution in [0.5, 0.6) is 0 Å². The lowest BCUT2D eigenvalue weighted by Crippen LogP contribution is -2.59. The number of anilines is 1. The maximum absolute atomic E-state index is 14.3. The Bertz CT molecular complexity index is 2200. The molecule has 67 heavy (non-hydrogen) atoms. The molecule has 0 saturated carbocycles. The van der Waals surface area contributed by atoms with Crippen molar-refractivity contribution in [3.63, 3.8) is 0 Å². The fourth-order valence-corrected chi connectivity index (χ4v) is 10.1. The summed E-state index contributed by atoms with van der Waals surface area (Å²) in [5.41, 5.74) is 3.66. The van der Waals surface area contributed by atoms with E-state index in [1.165, 1.54) is 0 Å². The summed E-state index contributed by atoms with van der Waals surface area (Å²) in [5, 5.41) is 21.4. The molecule has 16 nitrogen and oxygen atoms in total. The van der Waals surface area contributed by atoms with Crippen LogP contribution in [0.3, 0.4) is 0 Å². The summed E-state index contributed by atoms with van der Waals surface area (Å²) >= 11 is 0. The molecule has 6 rings (SSSR count). The Kier molecular flexibility index (Phi) is 16.2. The number of hydrogen-bond acceptors (Lipinski definition) is 9. The summed E-state index contributed by atoms with van der Waals surface area (Å²) in [5.74, 6) is -1.86. The molecule has 2 aromatic rings. The summed E-state index contributed by atoms with van der Waals surface area (Å²) in [4.78, 5) is 99.6.